The highest BCUT2D eigenvalue weighted by molar-refractivity contribution is 7.11. The van der Waals surface area contributed by atoms with Gasteiger partial charge in [-0.25, -0.2) is 9.37 Å². The molecule has 0 saturated carbocycles. The van der Waals surface area contributed by atoms with Crippen LogP contribution in [-0.4, -0.2) is 28.4 Å². The minimum Gasteiger partial charge on any atom is -0.336 e. The van der Waals surface area contributed by atoms with Crippen LogP contribution in [0.2, 0.25) is 5.02 Å². The SMILES string of the molecule is CC(C)CC(N)C(=O)N1CCc2nc(Cc3ccc(F)cc3Cl)sc2C1. The van der Waals surface area contributed by atoms with Crippen molar-refractivity contribution in [1.82, 2.24) is 9.88 Å². The molecule has 1 unspecified atom stereocenters. The van der Waals surface area contributed by atoms with E-state index < -0.39 is 6.04 Å². The molecule has 2 aromatic rings. The van der Waals surface area contributed by atoms with E-state index in [2.05, 4.69) is 13.8 Å². The van der Waals surface area contributed by atoms with Crippen molar-refractivity contribution in [2.75, 3.05) is 6.54 Å². The zero-order valence-corrected chi connectivity index (χ0v) is 16.5. The molecule has 0 bridgehead atoms. The van der Waals surface area contributed by atoms with Gasteiger partial charge in [-0.15, -0.1) is 11.3 Å². The maximum atomic E-state index is 13.2. The standard InChI is InChI=1S/C19H23ClFN3OS/c1-11(2)7-15(22)19(25)24-6-5-16-17(10-24)26-18(23-16)8-12-3-4-13(21)9-14(12)20/h3-4,9,11,15H,5-8,10,22H2,1-2H3. The van der Waals surface area contributed by atoms with Gasteiger partial charge in [0.25, 0.3) is 0 Å². The van der Waals surface area contributed by atoms with Gasteiger partial charge in [-0.1, -0.05) is 31.5 Å². The van der Waals surface area contributed by atoms with Gasteiger partial charge in [0, 0.05) is 29.3 Å². The molecule has 1 aromatic heterocycles. The molecule has 2 N–H and O–H groups in total. The predicted octanol–water partition coefficient (Wildman–Crippen LogP) is 3.78. The van der Waals surface area contributed by atoms with Crippen molar-refractivity contribution in [2.24, 2.45) is 11.7 Å². The minimum absolute atomic E-state index is 0.0147. The fraction of sp³-hybridized carbons (Fsp3) is 0.474. The number of halogens is 2. The monoisotopic (exact) mass is 395 g/mol. The number of fused-ring (bicyclic) bond motifs is 1. The largest absolute Gasteiger partial charge is 0.336 e. The molecule has 1 aliphatic heterocycles. The summed E-state index contributed by atoms with van der Waals surface area (Å²) in [4.78, 5) is 20.2. The fourth-order valence-corrected chi connectivity index (χ4v) is 4.57. The van der Waals surface area contributed by atoms with Crippen LogP contribution in [0.15, 0.2) is 18.2 Å². The smallest absolute Gasteiger partial charge is 0.239 e. The fourth-order valence-electron chi connectivity index (χ4n) is 3.18. The van der Waals surface area contributed by atoms with Crippen LogP contribution in [0, 0.1) is 11.7 Å². The van der Waals surface area contributed by atoms with Gasteiger partial charge in [-0.3, -0.25) is 4.79 Å². The van der Waals surface area contributed by atoms with E-state index >= 15 is 0 Å². The summed E-state index contributed by atoms with van der Waals surface area (Å²) in [6.45, 7) is 5.35. The van der Waals surface area contributed by atoms with Crippen molar-refractivity contribution in [3.63, 3.8) is 0 Å². The number of aromatic nitrogens is 1. The van der Waals surface area contributed by atoms with E-state index in [-0.39, 0.29) is 11.7 Å². The molecule has 3 rings (SSSR count). The number of amides is 1. The van der Waals surface area contributed by atoms with E-state index in [1.165, 1.54) is 12.1 Å². The van der Waals surface area contributed by atoms with E-state index in [4.69, 9.17) is 22.3 Å². The number of benzene rings is 1. The number of carbonyl (C=O) groups excluding carboxylic acids is 1. The molecule has 2 heterocycles. The molecular weight excluding hydrogens is 373 g/mol. The number of rotatable bonds is 5. The highest BCUT2D eigenvalue weighted by Gasteiger charge is 2.27. The van der Waals surface area contributed by atoms with Gasteiger partial charge >= 0.3 is 0 Å². The Labute approximate surface area is 162 Å². The second-order valence-electron chi connectivity index (χ2n) is 7.14. The molecule has 0 fully saturated rings. The topological polar surface area (TPSA) is 59.2 Å². The average Bonchev–Trinajstić information content (AvgIpc) is 2.97. The molecule has 1 aliphatic rings. The van der Waals surface area contributed by atoms with E-state index in [0.29, 0.717) is 36.9 Å². The minimum atomic E-state index is -0.443. The summed E-state index contributed by atoms with van der Waals surface area (Å²) in [7, 11) is 0. The Hall–Kier alpha value is -1.50. The zero-order chi connectivity index (χ0) is 18.8. The second-order valence-corrected chi connectivity index (χ2v) is 8.71. The van der Waals surface area contributed by atoms with Crippen LogP contribution in [0.5, 0.6) is 0 Å². The number of hydrogen-bond donors (Lipinski definition) is 1. The molecule has 26 heavy (non-hydrogen) atoms. The maximum absolute atomic E-state index is 13.2. The first-order valence-corrected chi connectivity index (χ1v) is 9.98. The average molecular weight is 396 g/mol. The normalized spacial score (nSPS) is 15.2. The van der Waals surface area contributed by atoms with Crippen molar-refractivity contribution in [2.45, 2.75) is 45.7 Å². The first-order chi connectivity index (χ1) is 12.3. The third kappa shape index (κ3) is 4.42. The zero-order valence-electron chi connectivity index (χ0n) is 15.0. The Kier molecular flexibility index (Phi) is 5.95. The van der Waals surface area contributed by atoms with E-state index in [0.717, 1.165) is 27.6 Å². The third-order valence-corrected chi connectivity index (χ3v) is 5.92. The first-order valence-electron chi connectivity index (χ1n) is 8.79. The van der Waals surface area contributed by atoms with Crippen molar-refractivity contribution in [3.05, 3.63) is 50.2 Å². The molecule has 1 atom stereocenters. The van der Waals surface area contributed by atoms with Crippen molar-refractivity contribution < 1.29 is 9.18 Å². The van der Waals surface area contributed by atoms with Gasteiger partial charge in [0.05, 0.1) is 23.3 Å². The molecule has 7 heteroatoms. The summed E-state index contributed by atoms with van der Waals surface area (Å²) in [6.07, 6.45) is 2.00. The molecular formula is C19H23ClFN3OS. The van der Waals surface area contributed by atoms with E-state index in [1.54, 1.807) is 17.4 Å². The quantitative estimate of drug-likeness (QED) is 0.837. The Morgan fingerprint density at radius 3 is 2.92 bits per heavy atom. The molecule has 140 valence electrons. The maximum Gasteiger partial charge on any atom is 0.239 e. The van der Waals surface area contributed by atoms with Gasteiger partial charge in [0.2, 0.25) is 5.91 Å². The lowest BCUT2D eigenvalue weighted by atomic mass is 10.0. The highest BCUT2D eigenvalue weighted by atomic mass is 35.5. The van der Waals surface area contributed by atoms with Crippen molar-refractivity contribution in [3.8, 4) is 0 Å². The first kappa shape index (κ1) is 19.3. The van der Waals surface area contributed by atoms with Crippen molar-refractivity contribution >= 4 is 28.8 Å². The van der Waals surface area contributed by atoms with Gasteiger partial charge in [0.15, 0.2) is 0 Å². The number of thiazole rings is 1. The summed E-state index contributed by atoms with van der Waals surface area (Å²) in [5.41, 5.74) is 7.96. The van der Waals surface area contributed by atoms with E-state index in [1.807, 2.05) is 4.90 Å². The number of nitrogens with zero attached hydrogens (tertiary/aromatic N) is 2. The van der Waals surface area contributed by atoms with Crippen LogP contribution in [0.25, 0.3) is 0 Å². The van der Waals surface area contributed by atoms with Gasteiger partial charge in [0.1, 0.15) is 5.82 Å². The lowest BCUT2D eigenvalue weighted by molar-refractivity contribution is -0.133. The van der Waals surface area contributed by atoms with Crippen LogP contribution in [-0.2, 0) is 24.2 Å². The number of hydrogen-bond acceptors (Lipinski definition) is 4. The number of carbonyl (C=O) groups is 1. The van der Waals surface area contributed by atoms with Crippen LogP contribution in [0.3, 0.4) is 0 Å². The van der Waals surface area contributed by atoms with Crippen LogP contribution in [0.4, 0.5) is 4.39 Å². The predicted molar refractivity (Wildman–Crippen MR) is 103 cm³/mol. The Morgan fingerprint density at radius 1 is 1.46 bits per heavy atom. The van der Waals surface area contributed by atoms with Crippen LogP contribution in [0.1, 0.15) is 41.4 Å². The Balaban J connectivity index is 1.70. The van der Waals surface area contributed by atoms with Crippen molar-refractivity contribution in [1.29, 1.82) is 0 Å². The van der Waals surface area contributed by atoms with Crippen LogP contribution >= 0.6 is 22.9 Å². The summed E-state index contributed by atoms with van der Waals surface area (Å²) in [5.74, 6) is 0.0646. The lowest BCUT2D eigenvalue weighted by Gasteiger charge is -2.29. The molecule has 0 spiro atoms. The molecule has 0 aliphatic carbocycles. The summed E-state index contributed by atoms with van der Waals surface area (Å²) in [5, 5.41) is 1.35. The Morgan fingerprint density at radius 2 is 2.23 bits per heavy atom. The number of nitrogens with two attached hydrogens (primary N) is 1. The molecule has 0 radical (unpaired) electrons. The summed E-state index contributed by atoms with van der Waals surface area (Å²) in [6, 6.07) is 3.98. The van der Waals surface area contributed by atoms with Gasteiger partial charge in [-0.2, -0.15) is 0 Å². The molecule has 0 saturated heterocycles. The third-order valence-electron chi connectivity index (χ3n) is 4.49. The summed E-state index contributed by atoms with van der Waals surface area (Å²) < 4.78 is 13.2. The Bertz CT molecular complexity index is 808. The van der Waals surface area contributed by atoms with Crippen LogP contribution < -0.4 is 5.73 Å². The van der Waals surface area contributed by atoms with Gasteiger partial charge < -0.3 is 10.6 Å². The van der Waals surface area contributed by atoms with Gasteiger partial charge in [-0.05, 0) is 30.0 Å². The molecule has 1 amide bonds. The second kappa shape index (κ2) is 8.03. The molecule has 4 nitrogen and oxygen atoms in total. The highest BCUT2D eigenvalue weighted by Crippen LogP contribution is 2.29. The summed E-state index contributed by atoms with van der Waals surface area (Å²) >= 11 is 7.71. The lowest BCUT2D eigenvalue weighted by Crippen LogP contribution is -2.46. The molecule has 1 aromatic carbocycles. The van der Waals surface area contributed by atoms with E-state index in [9.17, 15) is 9.18 Å².